The van der Waals surface area contributed by atoms with E-state index >= 15 is 0 Å². The van der Waals surface area contributed by atoms with Crippen molar-refractivity contribution in [1.82, 2.24) is 5.16 Å². The molecule has 0 amide bonds. The minimum Gasteiger partial charge on any atom is -0.397 e. The predicted octanol–water partition coefficient (Wildman–Crippen LogP) is 2.89. The van der Waals surface area contributed by atoms with Crippen LogP contribution in [0.3, 0.4) is 0 Å². The average Bonchev–Trinajstić information content (AvgIpc) is 2.53. The van der Waals surface area contributed by atoms with Gasteiger partial charge < -0.3 is 16.0 Å². The van der Waals surface area contributed by atoms with Crippen LogP contribution >= 0.6 is 15.9 Å². The Balaban J connectivity index is 2.74. The van der Waals surface area contributed by atoms with Gasteiger partial charge in [0.25, 0.3) is 0 Å². The van der Waals surface area contributed by atoms with E-state index in [-0.39, 0.29) is 0 Å². The Kier molecular flexibility index (Phi) is 2.63. The molecule has 1 aromatic heterocycles. The lowest BCUT2D eigenvalue weighted by Crippen LogP contribution is -1.98. The summed E-state index contributed by atoms with van der Waals surface area (Å²) in [5, 5.41) is 3.91. The van der Waals surface area contributed by atoms with Gasteiger partial charge in [0, 0.05) is 15.6 Å². The Morgan fingerprint density at radius 3 is 2.50 bits per heavy atom. The number of aromatic nitrogens is 1. The van der Waals surface area contributed by atoms with Crippen LogP contribution in [0.25, 0.3) is 11.1 Å². The average molecular weight is 282 g/mol. The molecule has 0 fully saturated rings. The van der Waals surface area contributed by atoms with Crippen LogP contribution in [0.5, 0.6) is 0 Å². The topological polar surface area (TPSA) is 78.1 Å². The van der Waals surface area contributed by atoms with Crippen molar-refractivity contribution >= 4 is 27.3 Å². The lowest BCUT2D eigenvalue weighted by Gasteiger charge is -2.08. The minimum absolute atomic E-state index is 0.546. The molecule has 4 nitrogen and oxygen atoms in total. The van der Waals surface area contributed by atoms with Crippen molar-refractivity contribution < 1.29 is 4.52 Å². The van der Waals surface area contributed by atoms with Crippen LogP contribution in [0.4, 0.5) is 11.4 Å². The van der Waals surface area contributed by atoms with E-state index in [1.807, 2.05) is 19.9 Å². The Morgan fingerprint density at radius 2 is 1.94 bits per heavy atom. The summed E-state index contributed by atoms with van der Waals surface area (Å²) < 4.78 is 6.01. The van der Waals surface area contributed by atoms with E-state index in [1.54, 1.807) is 6.07 Å². The molecule has 2 rings (SSSR count). The molecule has 0 aliphatic carbocycles. The van der Waals surface area contributed by atoms with Gasteiger partial charge in [-0.15, -0.1) is 0 Å². The van der Waals surface area contributed by atoms with Gasteiger partial charge in [0.15, 0.2) is 0 Å². The standard InChI is InChI=1S/C11H12BrN3O/c1-5-10(6(2)16-15-5)8-3-7(12)4-9(13)11(8)14/h3-4H,13-14H2,1-2H3. The van der Waals surface area contributed by atoms with Gasteiger partial charge in [0.05, 0.1) is 17.1 Å². The summed E-state index contributed by atoms with van der Waals surface area (Å²) >= 11 is 3.40. The normalized spacial score (nSPS) is 10.7. The van der Waals surface area contributed by atoms with Crippen LogP contribution < -0.4 is 11.5 Å². The van der Waals surface area contributed by atoms with E-state index in [9.17, 15) is 0 Å². The number of hydrogen-bond acceptors (Lipinski definition) is 4. The van der Waals surface area contributed by atoms with Crippen LogP contribution in [-0.2, 0) is 0 Å². The number of nitrogens with two attached hydrogens (primary N) is 2. The Morgan fingerprint density at radius 1 is 1.25 bits per heavy atom. The molecule has 4 N–H and O–H groups in total. The van der Waals surface area contributed by atoms with E-state index < -0.39 is 0 Å². The third-order valence-electron chi connectivity index (χ3n) is 2.48. The first-order valence-corrected chi connectivity index (χ1v) is 5.57. The van der Waals surface area contributed by atoms with Crippen LogP contribution in [0.15, 0.2) is 21.1 Å². The molecular weight excluding hydrogens is 270 g/mol. The highest BCUT2D eigenvalue weighted by Crippen LogP contribution is 2.36. The fraction of sp³-hybridized carbons (Fsp3) is 0.182. The highest BCUT2D eigenvalue weighted by molar-refractivity contribution is 9.10. The van der Waals surface area contributed by atoms with E-state index in [4.69, 9.17) is 16.0 Å². The maximum absolute atomic E-state index is 5.97. The molecule has 84 valence electrons. The Labute approximate surface area is 102 Å². The molecule has 16 heavy (non-hydrogen) atoms. The first-order chi connectivity index (χ1) is 7.50. The van der Waals surface area contributed by atoms with Crippen LogP contribution in [-0.4, -0.2) is 5.16 Å². The van der Waals surface area contributed by atoms with Gasteiger partial charge in [-0.1, -0.05) is 21.1 Å². The highest BCUT2D eigenvalue weighted by Gasteiger charge is 2.15. The van der Waals surface area contributed by atoms with Gasteiger partial charge in [-0.25, -0.2) is 0 Å². The summed E-state index contributed by atoms with van der Waals surface area (Å²) in [6.45, 7) is 3.73. The first-order valence-electron chi connectivity index (χ1n) is 4.78. The van der Waals surface area contributed by atoms with Crippen molar-refractivity contribution in [3.63, 3.8) is 0 Å². The summed E-state index contributed by atoms with van der Waals surface area (Å²) in [6, 6.07) is 3.69. The van der Waals surface area contributed by atoms with E-state index in [0.717, 1.165) is 27.1 Å². The number of nitrogen functional groups attached to an aromatic ring is 2. The fourth-order valence-corrected chi connectivity index (χ4v) is 2.19. The van der Waals surface area contributed by atoms with Gasteiger partial charge in [-0.05, 0) is 26.0 Å². The fourth-order valence-electron chi connectivity index (χ4n) is 1.71. The zero-order valence-corrected chi connectivity index (χ0v) is 10.6. The Hall–Kier alpha value is -1.49. The van der Waals surface area contributed by atoms with Gasteiger partial charge in [0.2, 0.25) is 0 Å². The van der Waals surface area contributed by atoms with Gasteiger partial charge in [-0.3, -0.25) is 0 Å². The maximum Gasteiger partial charge on any atom is 0.141 e. The molecule has 0 unspecified atom stereocenters. The van der Waals surface area contributed by atoms with Crippen LogP contribution in [0.1, 0.15) is 11.5 Å². The molecule has 0 spiro atoms. The zero-order chi connectivity index (χ0) is 11.9. The number of halogens is 1. The molecule has 0 bridgehead atoms. The van der Waals surface area contributed by atoms with Gasteiger partial charge >= 0.3 is 0 Å². The van der Waals surface area contributed by atoms with E-state index in [0.29, 0.717) is 11.4 Å². The van der Waals surface area contributed by atoms with Gasteiger partial charge in [-0.2, -0.15) is 0 Å². The smallest absolute Gasteiger partial charge is 0.141 e. The lowest BCUT2D eigenvalue weighted by atomic mass is 10.0. The number of rotatable bonds is 1. The Bertz CT molecular complexity index is 529. The third kappa shape index (κ3) is 1.67. The molecular formula is C11H12BrN3O. The van der Waals surface area contributed by atoms with Crippen molar-refractivity contribution in [3.05, 3.63) is 28.1 Å². The SMILES string of the molecule is Cc1noc(C)c1-c1cc(Br)cc(N)c1N. The van der Waals surface area contributed by atoms with Crippen molar-refractivity contribution in [2.24, 2.45) is 0 Å². The van der Waals surface area contributed by atoms with Gasteiger partial charge in [0.1, 0.15) is 5.76 Å². The number of hydrogen-bond donors (Lipinski definition) is 2. The second kappa shape index (κ2) is 3.83. The van der Waals surface area contributed by atoms with Crippen LogP contribution in [0.2, 0.25) is 0 Å². The summed E-state index contributed by atoms with van der Waals surface area (Å²) in [7, 11) is 0. The zero-order valence-electron chi connectivity index (χ0n) is 9.04. The second-order valence-electron chi connectivity index (χ2n) is 3.66. The monoisotopic (exact) mass is 281 g/mol. The van der Waals surface area contributed by atoms with Crippen molar-refractivity contribution in [3.8, 4) is 11.1 Å². The summed E-state index contributed by atoms with van der Waals surface area (Å²) in [6.07, 6.45) is 0. The molecule has 0 saturated carbocycles. The van der Waals surface area contributed by atoms with Crippen molar-refractivity contribution in [1.29, 1.82) is 0 Å². The maximum atomic E-state index is 5.97. The highest BCUT2D eigenvalue weighted by atomic mass is 79.9. The minimum atomic E-state index is 0.546. The number of nitrogens with zero attached hydrogens (tertiary/aromatic N) is 1. The lowest BCUT2D eigenvalue weighted by molar-refractivity contribution is 0.393. The molecule has 1 aromatic carbocycles. The quantitative estimate of drug-likeness (QED) is 0.788. The molecule has 0 saturated heterocycles. The van der Waals surface area contributed by atoms with Crippen molar-refractivity contribution in [2.45, 2.75) is 13.8 Å². The van der Waals surface area contributed by atoms with E-state index in [2.05, 4.69) is 21.1 Å². The number of benzene rings is 1. The molecule has 0 aliphatic heterocycles. The summed E-state index contributed by atoms with van der Waals surface area (Å²) in [5.74, 6) is 0.738. The molecule has 0 atom stereocenters. The van der Waals surface area contributed by atoms with Crippen LogP contribution in [0, 0.1) is 13.8 Å². The van der Waals surface area contributed by atoms with Crippen molar-refractivity contribution in [2.75, 3.05) is 11.5 Å². The third-order valence-corrected chi connectivity index (χ3v) is 2.94. The first kappa shape index (κ1) is 11.0. The number of aryl methyl sites for hydroxylation is 2. The molecule has 0 radical (unpaired) electrons. The summed E-state index contributed by atoms with van der Waals surface area (Å²) in [4.78, 5) is 0. The molecule has 2 aromatic rings. The largest absolute Gasteiger partial charge is 0.397 e. The molecule has 5 heteroatoms. The second-order valence-corrected chi connectivity index (χ2v) is 4.57. The molecule has 1 heterocycles. The summed E-state index contributed by atoms with van der Waals surface area (Å²) in [5.41, 5.74) is 15.5. The predicted molar refractivity (Wildman–Crippen MR) is 67.9 cm³/mol. The molecule has 0 aliphatic rings. The number of anilines is 2. The van der Waals surface area contributed by atoms with E-state index in [1.165, 1.54) is 0 Å².